The summed E-state index contributed by atoms with van der Waals surface area (Å²) in [5.41, 5.74) is 1.11. The van der Waals surface area contributed by atoms with Gasteiger partial charge < -0.3 is 0 Å². The molecule has 0 aliphatic heterocycles. The van der Waals surface area contributed by atoms with Crippen molar-refractivity contribution in [2.75, 3.05) is 6.61 Å². The van der Waals surface area contributed by atoms with E-state index in [9.17, 15) is 0 Å². The second kappa shape index (κ2) is 6.32. The van der Waals surface area contributed by atoms with E-state index in [2.05, 4.69) is 13.8 Å². The topological polar surface area (TPSA) is 9.23 Å². The standard InChI is InChI=1S/C11H14O.ClH.Ru/c1-9(2)8-12-11-7-5-4-6-10(11)3;;/h3-7,9H,8H2,1-2H3;1H;/q;;+1/p-1. The molecular formula is C11H14ClORu. The van der Waals surface area contributed by atoms with Crippen molar-refractivity contribution in [1.82, 2.24) is 0 Å². The monoisotopic (exact) mass is 299 g/mol. The molecule has 1 rings (SSSR count). The van der Waals surface area contributed by atoms with Gasteiger partial charge in [-0.2, -0.15) is 0 Å². The summed E-state index contributed by atoms with van der Waals surface area (Å²) in [6, 6.07) is 8.01. The predicted octanol–water partition coefficient (Wildman–Crippen LogP) is 3.11. The Balaban J connectivity index is 2.74. The Morgan fingerprint density at radius 3 is 2.79 bits per heavy atom. The van der Waals surface area contributed by atoms with E-state index < -0.39 is 0 Å². The average molecular weight is 299 g/mol. The fourth-order valence-corrected chi connectivity index (χ4v) is 2.10. The molecule has 0 saturated heterocycles. The van der Waals surface area contributed by atoms with Crippen molar-refractivity contribution in [1.29, 1.82) is 0 Å². The van der Waals surface area contributed by atoms with Crippen molar-refractivity contribution in [3.05, 3.63) is 29.8 Å². The Morgan fingerprint density at radius 2 is 2.14 bits per heavy atom. The number of halogens is 1. The van der Waals surface area contributed by atoms with Gasteiger partial charge in [-0.25, -0.2) is 0 Å². The average Bonchev–Trinajstić information content (AvgIpc) is 2.17. The number of para-hydroxylation sites is 1. The summed E-state index contributed by atoms with van der Waals surface area (Å²) in [7, 11) is 5.75. The summed E-state index contributed by atoms with van der Waals surface area (Å²) in [5.74, 6) is 1.49. The first-order valence-electron chi connectivity index (χ1n) is 4.51. The van der Waals surface area contributed by atoms with Crippen LogP contribution in [0.4, 0.5) is 0 Å². The van der Waals surface area contributed by atoms with Crippen LogP contribution >= 0.6 is 9.69 Å². The third-order valence-electron chi connectivity index (χ3n) is 1.64. The minimum atomic E-state index is -0.191. The summed E-state index contributed by atoms with van der Waals surface area (Å²) in [4.78, 5) is 0. The number of hydrogen-bond acceptors (Lipinski definition) is 1. The van der Waals surface area contributed by atoms with Crippen molar-refractivity contribution >= 4 is 14.3 Å². The van der Waals surface area contributed by atoms with Gasteiger partial charge >= 0.3 is 96.7 Å². The molecule has 0 radical (unpaired) electrons. The van der Waals surface area contributed by atoms with Crippen molar-refractivity contribution in [2.45, 2.75) is 13.8 Å². The van der Waals surface area contributed by atoms with E-state index in [1.165, 1.54) is 0 Å². The van der Waals surface area contributed by atoms with Crippen LogP contribution in [0.25, 0.3) is 0 Å². The second-order valence-electron chi connectivity index (χ2n) is 3.42. The van der Waals surface area contributed by atoms with Gasteiger partial charge in [0.15, 0.2) is 0 Å². The van der Waals surface area contributed by atoms with Gasteiger partial charge in [0.2, 0.25) is 0 Å². The number of rotatable bonds is 4. The van der Waals surface area contributed by atoms with Gasteiger partial charge in [0.05, 0.1) is 0 Å². The van der Waals surface area contributed by atoms with Crippen LogP contribution in [0.15, 0.2) is 24.3 Å². The van der Waals surface area contributed by atoms with Crippen molar-refractivity contribution in [3.63, 3.8) is 0 Å². The maximum absolute atomic E-state index is 5.75. The van der Waals surface area contributed by atoms with Crippen molar-refractivity contribution in [3.8, 4) is 5.75 Å². The zero-order valence-electron chi connectivity index (χ0n) is 8.31. The van der Waals surface area contributed by atoms with Gasteiger partial charge in [0, 0.05) is 0 Å². The Labute approximate surface area is 96.6 Å². The molecule has 3 heteroatoms. The zero-order chi connectivity index (χ0) is 10.4. The van der Waals surface area contributed by atoms with Gasteiger partial charge in [0.25, 0.3) is 0 Å². The first kappa shape index (κ1) is 11.9. The number of hydrogen-bond donors (Lipinski definition) is 0. The maximum atomic E-state index is 5.75. The molecule has 14 heavy (non-hydrogen) atoms. The van der Waals surface area contributed by atoms with Crippen LogP contribution in [0.1, 0.15) is 19.4 Å². The molecule has 0 aromatic heterocycles. The molecule has 1 aromatic carbocycles. The molecule has 0 aliphatic carbocycles. The number of ether oxygens (including phenoxy) is 1. The van der Waals surface area contributed by atoms with E-state index in [1.807, 2.05) is 28.9 Å². The summed E-state index contributed by atoms with van der Waals surface area (Å²) in [6.07, 6.45) is 0. The Hall–Kier alpha value is -0.197. The molecule has 0 amide bonds. The third-order valence-corrected chi connectivity index (χ3v) is 2.83. The van der Waals surface area contributed by atoms with Gasteiger partial charge in [-0.15, -0.1) is 0 Å². The normalized spacial score (nSPS) is 11.7. The molecule has 0 bridgehead atoms. The molecule has 0 spiro atoms. The van der Waals surface area contributed by atoms with E-state index in [0.29, 0.717) is 5.92 Å². The molecule has 0 fully saturated rings. The zero-order valence-corrected chi connectivity index (χ0v) is 10.8. The molecule has 1 aromatic rings. The molecule has 0 N–H and O–H groups in total. The molecule has 0 aliphatic rings. The summed E-state index contributed by atoms with van der Waals surface area (Å²) in [5, 5.41) is 0. The van der Waals surface area contributed by atoms with Gasteiger partial charge in [0.1, 0.15) is 0 Å². The fourth-order valence-electron chi connectivity index (χ4n) is 0.994. The van der Waals surface area contributed by atoms with Gasteiger partial charge in [-0.3, -0.25) is 0 Å². The van der Waals surface area contributed by atoms with Crippen LogP contribution in [0, 0.1) is 5.92 Å². The summed E-state index contributed by atoms with van der Waals surface area (Å²) >= 11 is -0.191. The second-order valence-corrected chi connectivity index (χ2v) is 5.22. The molecule has 79 valence electrons. The van der Waals surface area contributed by atoms with Crippen molar-refractivity contribution < 1.29 is 20.4 Å². The molecule has 1 nitrogen and oxygen atoms in total. The van der Waals surface area contributed by atoms with Crippen LogP contribution in [-0.4, -0.2) is 11.2 Å². The van der Waals surface area contributed by atoms with E-state index in [4.69, 9.17) is 14.4 Å². The molecule has 0 heterocycles. The third kappa shape index (κ3) is 3.90. The first-order valence-corrected chi connectivity index (χ1v) is 7.75. The van der Waals surface area contributed by atoms with Crippen LogP contribution in [-0.2, 0) is 15.7 Å². The predicted molar refractivity (Wildman–Crippen MR) is 57.8 cm³/mol. The summed E-state index contributed by atoms with van der Waals surface area (Å²) < 4.78 is 7.72. The van der Waals surface area contributed by atoms with Gasteiger partial charge in [-0.1, -0.05) is 0 Å². The molecule has 0 unspecified atom stereocenters. The Morgan fingerprint density at radius 1 is 1.43 bits per heavy atom. The van der Waals surface area contributed by atoms with Crippen LogP contribution < -0.4 is 4.74 Å². The summed E-state index contributed by atoms with van der Waals surface area (Å²) in [6.45, 7) is 5.03. The number of benzene rings is 1. The van der Waals surface area contributed by atoms with Crippen LogP contribution in [0.5, 0.6) is 5.75 Å². The van der Waals surface area contributed by atoms with E-state index in [1.54, 1.807) is 0 Å². The first-order chi connectivity index (χ1) is 6.74. The van der Waals surface area contributed by atoms with E-state index in [0.717, 1.165) is 17.9 Å². The van der Waals surface area contributed by atoms with Crippen molar-refractivity contribution in [2.24, 2.45) is 5.92 Å². The molecule has 0 atom stereocenters. The van der Waals surface area contributed by atoms with E-state index in [-0.39, 0.29) is 15.7 Å². The minimum absolute atomic E-state index is 0.191. The van der Waals surface area contributed by atoms with Gasteiger partial charge in [-0.05, 0) is 0 Å². The quantitative estimate of drug-likeness (QED) is 0.776. The molecule has 0 saturated carbocycles. The fraction of sp³-hybridized carbons (Fsp3) is 0.364. The van der Waals surface area contributed by atoms with E-state index >= 15 is 0 Å². The Kier molecular flexibility index (Phi) is 5.36. The van der Waals surface area contributed by atoms with Crippen LogP contribution in [0.3, 0.4) is 0 Å². The Bertz CT molecular complexity index is 310. The van der Waals surface area contributed by atoms with Crippen LogP contribution in [0.2, 0.25) is 0 Å². The molecular weight excluding hydrogens is 285 g/mol. The SMILES string of the molecule is CC(C)COc1ccccc1[CH]=[Ru][Cl].